The third-order valence-electron chi connectivity index (χ3n) is 6.65. The minimum atomic E-state index is -1.05. The molecule has 0 amide bonds. The first-order chi connectivity index (χ1) is 10.5. The fourth-order valence-corrected chi connectivity index (χ4v) is 10.6. The van der Waals surface area contributed by atoms with E-state index in [2.05, 4.69) is 65.8 Å². The fourth-order valence-electron chi connectivity index (χ4n) is 3.97. The molecular weight excluding hydrogens is 302 g/mol. The molecule has 0 aliphatic rings. The average molecular weight is 342 g/mol. The molecule has 0 radical (unpaired) electrons. The van der Waals surface area contributed by atoms with Gasteiger partial charge in [-0.1, -0.05) is 0 Å². The SMILES string of the molecule is CC[PH](CC)(CC)Cc1cccc(C[PH](CC)(CC)CC)c1. The summed E-state index contributed by atoms with van der Waals surface area (Å²) in [7, 11) is -2.11. The van der Waals surface area contributed by atoms with Crippen LogP contribution in [0.3, 0.4) is 0 Å². The van der Waals surface area contributed by atoms with Gasteiger partial charge in [0.15, 0.2) is 0 Å². The van der Waals surface area contributed by atoms with Crippen molar-refractivity contribution in [2.75, 3.05) is 37.0 Å². The average Bonchev–Trinajstić information content (AvgIpc) is 2.58. The van der Waals surface area contributed by atoms with E-state index < -0.39 is 14.5 Å². The second-order valence-electron chi connectivity index (χ2n) is 7.29. The zero-order chi connectivity index (χ0) is 16.6. The van der Waals surface area contributed by atoms with Crippen molar-refractivity contribution >= 4 is 14.5 Å². The Morgan fingerprint density at radius 1 is 0.591 bits per heavy atom. The van der Waals surface area contributed by atoms with E-state index in [1.54, 1.807) is 11.1 Å². The molecule has 0 aliphatic heterocycles. The monoisotopic (exact) mass is 342 g/mol. The van der Waals surface area contributed by atoms with Crippen LogP contribution in [-0.2, 0) is 12.3 Å². The number of hydrogen-bond acceptors (Lipinski definition) is 0. The molecule has 0 N–H and O–H groups in total. The zero-order valence-electron chi connectivity index (χ0n) is 16.0. The van der Waals surface area contributed by atoms with Crippen LogP contribution < -0.4 is 0 Å². The number of hydrogen-bond donors (Lipinski definition) is 0. The Kier molecular flexibility index (Phi) is 8.59. The second kappa shape index (κ2) is 9.39. The molecule has 1 aromatic carbocycles. The van der Waals surface area contributed by atoms with Gasteiger partial charge in [-0.15, -0.1) is 0 Å². The van der Waals surface area contributed by atoms with Gasteiger partial charge in [-0.3, -0.25) is 0 Å². The van der Waals surface area contributed by atoms with E-state index in [9.17, 15) is 0 Å². The first-order valence-electron chi connectivity index (χ1n) is 9.60. The molecule has 0 aromatic heterocycles. The fraction of sp³-hybridized carbons (Fsp3) is 0.700. The molecule has 0 unspecified atom stereocenters. The molecule has 0 spiro atoms. The van der Waals surface area contributed by atoms with Crippen molar-refractivity contribution in [1.82, 2.24) is 0 Å². The van der Waals surface area contributed by atoms with Crippen LogP contribution in [0.4, 0.5) is 0 Å². The summed E-state index contributed by atoms with van der Waals surface area (Å²) in [5.74, 6) is 0. The Labute approximate surface area is 141 Å². The first kappa shape index (κ1) is 20.1. The van der Waals surface area contributed by atoms with Gasteiger partial charge in [0.05, 0.1) is 0 Å². The Morgan fingerprint density at radius 3 is 1.18 bits per heavy atom. The van der Waals surface area contributed by atoms with Crippen LogP contribution >= 0.6 is 14.5 Å². The summed E-state index contributed by atoms with van der Waals surface area (Å²) >= 11 is 0. The van der Waals surface area contributed by atoms with Gasteiger partial charge in [0.1, 0.15) is 0 Å². The number of rotatable bonds is 10. The van der Waals surface area contributed by atoms with Crippen LogP contribution in [-0.4, -0.2) is 37.0 Å². The Balaban J connectivity index is 2.95. The van der Waals surface area contributed by atoms with Gasteiger partial charge in [-0.05, 0) is 0 Å². The summed E-state index contributed by atoms with van der Waals surface area (Å²) in [6, 6.07) is 9.66. The van der Waals surface area contributed by atoms with Crippen molar-refractivity contribution in [3.05, 3.63) is 35.4 Å². The summed E-state index contributed by atoms with van der Waals surface area (Å²) in [6.45, 7) is 14.5. The first-order valence-corrected chi connectivity index (χ1v) is 15.3. The van der Waals surface area contributed by atoms with E-state index in [1.807, 2.05) is 0 Å². The maximum absolute atomic E-state index is 2.56. The van der Waals surface area contributed by atoms with Crippen molar-refractivity contribution < 1.29 is 0 Å². The van der Waals surface area contributed by atoms with Crippen LogP contribution in [0.1, 0.15) is 52.7 Å². The van der Waals surface area contributed by atoms with Crippen LogP contribution in [0, 0.1) is 0 Å². The molecular formula is C20H40P2. The summed E-state index contributed by atoms with van der Waals surface area (Å²) in [5.41, 5.74) is 3.25. The standard InChI is InChI=1S/C20H40P2/c1-7-21(8-2,9-3)17-19-14-13-15-20(16-19)18-22(10-4,11-5)12-6/h13-16,21-22H,7-12,17-18H2,1-6H3. The maximum atomic E-state index is 2.56. The van der Waals surface area contributed by atoms with Crippen molar-refractivity contribution in [2.45, 2.75) is 53.9 Å². The minimum absolute atomic E-state index is 1.05. The van der Waals surface area contributed by atoms with Gasteiger partial charge < -0.3 is 0 Å². The Hall–Kier alpha value is 0.0800. The van der Waals surface area contributed by atoms with Gasteiger partial charge in [-0.2, -0.15) is 0 Å². The van der Waals surface area contributed by atoms with Gasteiger partial charge in [-0.25, -0.2) is 0 Å². The van der Waals surface area contributed by atoms with Crippen LogP contribution in [0.5, 0.6) is 0 Å². The van der Waals surface area contributed by atoms with E-state index in [4.69, 9.17) is 0 Å². The van der Waals surface area contributed by atoms with E-state index in [-0.39, 0.29) is 0 Å². The molecule has 0 aliphatic carbocycles. The normalized spacial score (nSPS) is 14.1. The molecule has 22 heavy (non-hydrogen) atoms. The van der Waals surface area contributed by atoms with Crippen LogP contribution in [0.25, 0.3) is 0 Å². The Bertz CT molecular complexity index is 377. The van der Waals surface area contributed by atoms with Crippen molar-refractivity contribution in [1.29, 1.82) is 0 Å². The number of benzene rings is 1. The van der Waals surface area contributed by atoms with Gasteiger partial charge in [0, 0.05) is 0 Å². The predicted molar refractivity (Wildman–Crippen MR) is 114 cm³/mol. The topological polar surface area (TPSA) is 0 Å². The third-order valence-corrected chi connectivity index (χ3v) is 18.0. The van der Waals surface area contributed by atoms with Crippen LogP contribution in [0.15, 0.2) is 24.3 Å². The molecule has 0 fully saturated rings. The van der Waals surface area contributed by atoms with Crippen molar-refractivity contribution in [3.8, 4) is 0 Å². The quantitative estimate of drug-likeness (QED) is 0.437. The van der Waals surface area contributed by atoms with E-state index in [1.165, 1.54) is 49.3 Å². The molecule has 0 saturated carbocycles. The summed E-state index contributed by atoms with van der Waals surface area (Å²) in [5, 5.41) is 0. The molecule has 0 heterocycles. The second-order valence-corrected chi connectivity index (χ2v) is 18.2. The molecule has 0 atom stereocenters. The molecule has 130 valence electrons. The molecule has 0 nitrogen and oxygen atoms in total. The third kappa shape index (κ3) is 5.04. The molecule has 1 aromatic rings. The molecule has 2 heteroatoms. The van der Waals surface area contributed by atoms with E-state index >= 15 is 0 Å². The van der Waals surface area contributed by atoms with Crippen molar-refractivity contribution in [2.24, 2.45) is 0 Å². The Morgan fingerprint density at radius 2 is 0.909 bits per heavy atom. The molecule has 0 saturated heterocycles. The van der Waals surface area contributed by atoms with Crippen LogP contribution in [0.2, 0.25) is 0 Å². The molecule has 1 rings (SSSR count). The summed E-state index contributed by atoms with van der Waals surface area (Å²) < 4.78 is 0. The summed E-state index contributed by atoms with van der Waals surface area (Å²) in [4.78, 5) is 0. The molecule has 0 bridgehead atoms. The predicted octanol–water partition coefficient (Wildman–Crippen LogP) is 6.31. The van der Waals surface area contributed by atoms with Gasteiger partial charge in [0.2, 0.25) is 0 Å². The van der Waals surface area contributed by atoms with E-state index in [0.29, 0.717) is 0 Å². The zero-order valence-corrected chi connectivity index (χ0v) is 18.0. The van der Waals surface area contributed by atoms with Gasteiger partial charge in [0.25, 0.3) is 0 Å². The van der Waals surface area contributed by atoms with Gasteiger partial charge >= 0.3 is 141 Å². The van der Waals surface area contributed by atoms with Crippen molar-refractivity contribution in [3.63, 3.8) is 0 Å². The summed E-state index contributed by atoms with van der Waals surface area (Å²) in [6.07, 6.45) is 11.4. The van der Waals surface area contributed by atoms with E-state index in [0.717, 1.165) is 0 Å².